The van der Waals surface area contributed by atoms with E-state index in [-0.39, 0.29) is 5.91 Å². The predicted molar refractivity (Wildman–Crippen MR) is 104 cm³/mol. The summed E-state index contributed by atoms with van der Waals surface area (Å²) in [5, 5.41) is 0. The zero-order valence-corrected chi connectivity index (χ0v) is 16.0. The fraction of sp³-hybridized carbons (Fsp3) is 0.409. The first-order valence-corrected chi connectivity index (χ1v) is 9.51. The second kappa shape index (κ2) is 7.61. The van der Waals surface area contributed by atoms with Gasteiger partial charge < -0.3 is 14.4 Å². The lowest BCUT2D eigenvalue weighted by Crippen LogP contribution is -2.41. The van der Waals surface area contributed by atoms with Crippen LogP contribution in [-0.4, -0.2) is 55.6 Å². The van der Waals surface area contributed by atoms with Gasteiger partial charge in [0.05, 0.1) is 19.8 Å². The number of benzene rings is 2. The molecule has 2 heterocycles. The standard InChI is InChI=1S/C22H26N2O3/c1-26-19-7-8-20(21(13-19)27-2)22(25)24-12-10-18(15-24)23-11-9-16-5-3-4-6-17(16)14-23/h3-8,13,18H,9-12,14-15H2,1-2H3. The Balaban J connectivity index is 1.45. The monoisotopic (exact) mass is 366 g/mol. The summed E-state index contributed by atoms with van der Waals surface area (Å²) in [6.07, 6.45) is 2.11. The van der Waals surface area contributed by atoms with Crippen molar-refractivity contribution >= 4 is 5.91 Å². The molecule has 142 valence electrons. The van der Waals surface area contributed by atoms with Gasteiger partial charge in [-0.1, -0.05) is 24.3 Å². The van der Waals surface area contributed by atoms with E-state index in [0.717, 1.165) is 39.0 Å². The van der Waals surface area contributed by atoms with Crippen molar-refractivity contribution in [3.63, 3.8) is 0 Å². The molecule has 1 unspecified atom stereocenters. The third-order valence-electron chi connectivity index (χ3n) is 5.77. The molecule has 0 saturated carbocycles. The highest BCUT2D eigenvalue weighted by Crippen LogP contribution is 2.29. The van der Waals surface area contributed by atoms with Crippen LogP contribution in [0.2, 0.25) is 0 Å². The molecule has 0 aliphatic carbocycles. The molecule has 27 heavy (non-hydrogen) atoms. The number of nitrogens with zero attached hydrogens (tertiary/aromatic N) is 2. The minimum atomic E-state index is 0.0365. The molecule has 0 aromatic heterocycles. The summed E-state index contributed by atoms with van der Waals surface area (Å²) in [4.78, 5) is 17.5. The largest absolute Gasteiger partial charge is 0.497 e. The van der Waals surface area contributed by atoms with E-state index < -0.39 is 0 Å². The maximum absolute atomic E-state index is 13.0. The molecule has 1 atom stereocenters. The first-order valence-electron chi connectivity index (χ1n) is 9.51. The van der Waals surface area contributed by atoms with Crippen molar-refractivity contribution in [2.24, 2.45) is 0 Å². The highest BCUT2D eigenvalue weighted by Gasteiger charge is 2.33. The third-order valence-corrected chi connectivity index (χ3v) is 5.77. The number of rotatable bonds is 4. The lowest BCUT2D eigenvalue weighted by molar-refractivity contribution is 0.0770. The van der Waals surface area contributed by atoms with Gasteiger partial charge in [0.25, 0.3) is 5.91 Å². The van der Waals surface area contributed by atoms with Crippen molar-refractivity contribution in [1.82, 2.24) is 9.80 Å². The smallest absolute Gasteiger partial charge is 0.257 e. The quantitative estimate of drug-likeness (QED) is 0.834. The number of fused-ring (bicyclic) bond motifs is 1. The molecular formula is C22H26N2O3. The van der Waals surface area contributed by atoms with Crippen LogP contribution in [-0.2, 0) is 13.0 Å². The maximum atomic E-state index is 13.0. The van der Waals surface area contributed by atoms with Crippen molar-refractivity contribution in [2.75, 3.05) is 33.9 Å². The van der Waals surface area contributed by atoms with E-state index >= 15 is 0 Å². The van der Waals surface area contributed by atoms with Gasteiger partial charge in [-0.15, -0.1) is 0 Å². The molecule has 2 aliphatic rings. The van der Waals surface area contributed by atoms with Gasteiger partial charge in [-0.3, -0.25) is 9.69 Å². The molecule has 5 nitrogen and oxygen atoms in total. The van der Waals surface area contributed by atoms with E-state index in [0.29, 0.717) is 23.1 Å². The zero-order chi connectivity index (χ0) is 18.8. The van der Waals surface area contributed by atoms with Crippen LogP contribution in [0.4, 0.5) is 0 Å². The van der Waals surface area contributed by atoms with E-state index in [1.54, 1.807) is 26.4 Å². The fourth-order valence-electron chi connectivity index (χ4n) is 4.20. The summed E-state index contributed by atoms with van der Waals surface area (Å²) in [5.41, 5.74) is 3.48. The van der Waals surface area contributed by atoms with Crippen LogP contribution in [0.5, 0.6) is 11.5 Å². The average molecular weight is 366 g/mol. The molecule has 2 aromatic carbocycles. The van der Waals surface area contributed by atoms with Gasteiger partial charge in [-0.05, 0) is 36.1 Å². The number of likely N-dealkylation sites (tertiary alicyclic amines) is 1. The molecule has 1 amide bonds. The van der Waals surface area contributed by atoms with Crippen molar-refractivity contribution in [2.45, 2.75) is 25.4 Å². The van der Waals surface area contributed by atoms with E-state index in [2.05, 4.69) is 29.2 Å². The highest BCUT2D eigenvalue weighted by molar-refractivity contribution is 5.97. The molecule has 2 aromatic rings. The number of carbonyl (C=O) groups excluding carboxylic acids is 1. The van der Waals surface area contributed by atoms with Crippen LogP contribution in [0.15, 0.2) is 42.5 Å². The summed E-state index contributed by atoms with van der Waals surface area (Å²) < 4.78 is 10.6. The zero-order valence-electron chi connectivity index (χ0n) is 16.0. The predicted octanol–water partition coefficient (Wildman–Crippen LogP) is 2.98. The number of hydrogen-bond acceptors (Lipinski definition) is 4. The molecule has 4 rings (SSSR count). The SMILES string of the molecule is COc1ccc(C(=O)N2CCC(N3CCc4ccccc4C3)C2)c(OC)c1. The molecule has 1 fully saturated rings. The van der Waals surface area contributed by atoms with Gasteiger partial charge in [-0.25, -0.2) is 0 Å². The highest BCUT2D eigenvalue weighted by atomic mass is 16.5. The van der Waals surface area contributed by atoms with Gasteiger partial charge in [0.1, 0.15) is 11.5 Å². The lowest BCUT2D eigenvalue weighted by Gasteiger charge is -2.33. The van der Waals surface area contributed by atoms with Crippen molar-refractivity contribution < 1.29 is 14.3 Å². The van der Waals surface area contributed by atoms with Gasteiger partial charge >= 0.3 is 0 Å². The molecule has 0 N–H and O–H groups in total. The van der Waals surface area contributed by atoms with Crippen molar-refractivity contribution in [3.05, 3.63) is 59.2 Å². The third kappa shape index (κ3) is 3.52. The molecule has 0 spiro atoms. The van der Waals surface area contributed by atoms with Crippen molar-refractivity contribution in [1.29, 1.82) is 0 Å². The molecule has 5 heteroatoms. The second-order valence-corrected chi connectivity index (χ2v) is 7.25. The normalized spacial score (nSPS) is 19.6. The van der Waals surface area contributed by atoms with E-state index in [4.69, 9.17) is 9.47 Å². The van der Waals surface area contributed by atoms with E-state index in [9.17, 15) is 4.79 Å². The van der Waals surface area contributed by atoms with Gasteiger partial charge in [0, 0.05) is 38.3 Å². The van der Waals surface area contributed by atoms with E-state index in [1.165, 1.54) is 11.1 Å². The fourth-order valence-corrected chi connectivity index (χ4v) is 4.20. The topological polar surface area (TPSA) is 42.0 Å². The number of carbonyl (C=O) groups is 1. The first kappa shape index (κ1) is 17.9. The van der Waals surface area contributed by atoms with Crippen LogP contribution < -0.4 is 9.47 Å². The molecule has 0 radical (unpaired) electrons. The first-order chi connectivity index (χ1) is 13.2. The van der Waals surface area contributed by atoms with Crippen LogP contribution in [0.1, 0.15) is 27.9 Å². The number of methoxy groups -OCH3 is 2. The number of ether oxygens (including phenoxy) is 2. The Morgan fingerprint density at radius 3 is 2.63 bits per heavy atom. The Morgan fingerprint density at radius 2 is 1.85 bits per heavy atom. The molecular weight excluding hydrogens is 340 g/mol. The molecule has 1 saturated heterocycles. The van der Waals surface area contributed by atoms with Crippen LogP contribution >= 0.6 is 0 Å². The summed E-state index contributed by atoms with van der Waals surface area (Å²) >= 11 is 0. The van der Waals surface area contributed by atoms with Crippen LogP contribution in [0.25, 0.3) is 0 Å². The van der Waals surface area contributed by atoms with Gasteiger partial charge in [0.15, 0.2) is 0 Å². The van der Waals surface area contributed by atoms with Gasteiger partial charge in [-0.2, -0.15) is 0 Å². The van der Waals surface area contributed by atoms with E-state index in [1.807, 2.05) is 11.0 Å². The summed E-state index contributed by atoms with van der Waals surface area (Å²) in [6, 6.07) is 14.5. The Hall–Kier alpha value is -2.53. The second-order valence-electron chi connectivity index (χ2n) is 7.25. The van der Waals surface area contributed by atoms with Crippen LogP contribution in [0, 0.1) is 0 Å². The number of hydrogen-bond donors (Lipinski definition) is 0. The molecule has 2 aliphatic heterocycles. The minimum Gasteiger partial charge on any atom is -0.497 e. The number of amides is 1. The average Bonchev–Trinajstić information content (AvgIpc) is 3.22. The Kier molecular flexibility index (Phi) is 5.03. The summed E-state index contributed by atoms with van der Waals surface area (Å²) in [6.45, 7) is 3.61. The maximum Gasteiger partial charge on any atom is 0.257 e. The Bertz CT molecular complexity index is 836. The minimum absolute atomic E-state index is 0.0365. The summed E-state index contributed by atoms with van der Waals surface area (Å²) in [5.74, 6) is 1.29. The molecule has 0 bridgehead atoms. The lowest BCUT2D eigenvalue weighted by atomic mass is 9.98. The van der Waals surface area contributed by atoms with Crippen molar-refractivity contribution in [3.8, 4) is 11.5 Å². The summed E-state index contributed by atoms with van der Waals surface area (Å²) in [7, 11) is 3.20. The Morgan fingerprint density at radius 1 is 1.04 bits per heavy atom. The van der Waals surface area contributed by atoms with Crippen LogP contribution in [0.3, 0.4) is 0 Å². The Labute approximate surface area is 160 Å². The van der Waals surface area contributed by atoms with Gasteiger partial charge in [0.2, 0.25) is 0 Å².